The molecule has 0 spiro atoms. The Morgan fingerprint density at radius 2 is 1.29 bits per heavy atom. The smallest absolute Gasteiger partial charge is 0.0312 e. The maximum Gasteiger partial charge on any atom is -0.0312 e. The molecular weight excluding hydrogens is 326 g/mol. The molecule has 0 saturated heterocycles. The second kappa shape index (κ2) is 16.2. The summed E-state index contributed by atoms with van der Waals surface area (Å²) in [7, 11) is 0. The van der Waals surface area contributed by atoms with Gasteiger partial charge in [-0.25, -0.2) is 0 Å². The Bertz CT molecular complexity index is 357. The van der Waals surface area contributed by atoms with Crippen molar-refractivity contribution < 1.29 is 20.0 Å². The van der Waals surface area contributed by atoms with Crippen LogP contribution in [0.15, 0.2) is 30.3 Å². The van der Waals surface area contributed by atoms with Gasteiger partial charge in [-0.3, -0.25) is 0 Å². The monoisotopic (exact) mass is 353 g/mol. The summed E-state index contributed by atoms with van der Waals surface area (Å²) in [6.45, 7) is 3.31. The fourth-order valence-electron chi connectivity index (χ4n) is 2.02. The van der Waals surface area contributed by atoms with Gasteiger partial charge in [-0.2, -0.15) is 0 Å². The molecule has 3 rings (SSSR count). The molecule has 2 fully saturated rings. The molecule has 0 unspecified atom stereocenters. The second-order valence-corrected chi connectivity index (χ2v) is 5.99. The van der Waals surface area contributed by atoms with Crippen molar-refractivity contribution in [1.29, 1.82) is 0 Å². The Morgan fingerprint density at radius 3 is 1.71 bits per heavy atom. The summed E-state index contributed by atoms with van der Waals surface area (Å²) in [4.78, 5) is 0. The first kappa shape index (κ1) is 21.8. The topological polar surface area (TPSA) is 12.0 Å². The molecule has 0 heterocycles. The van der Waals surface area contributed by atoms with E-state index in [4.69, 9.17) is 0 Å². The van der Waals surface area contributed by atoms with Crippen LogP contribution in [0.4, 0.5) is 0 Å². The van der Waals surface area contributed by atoms with Crippen LogP contribution in [0.5, 0.6) is 0 Å². The Balaban J connectivity index is 0.000000231. The summed E-state index contributed by atoms with van der Waals surface area (Å²) < 4.78 is 2.22. The summed E-state index contributed by atoms with van der Waals surface area (Å²) in [6, 6.07) is 11.0. The minimum absolute atomic E-state index is 0.466. The molecule has 1 N–H and O–H groups in total. The fraction of sp³-hybridized carbons (Fsp3) is 0.227. The van der Waals surface area contributed by atoms with Crippen LogP contribution >= 0.6 is 0 Å². The maximum absolute atomic E-state index is 3.51. The van der Waals surface area contributed by atoms with Gasteiger partial charge in [0.1, 0.15) is 0 Å². The fourth-order valence-corrected chi connectivity index (χ4v) is 2.34. The van der Waals surface area contributed by atoms with Gasteiger partial charge < -0.3 is 0 Å². The Labute approximate surface area is 161 Å². The summed E-state index contributed by atoms with van der Waals surface area (Å²) in [5, 5.41) is 3.51. The summed E-state index contributed by atoms with van der Waals surface area (Å²) in [5.74, 6) is 0. The van der Waals surface area contributed by atoms with Crippen LogP contribution in [-0.2, 0) is 20.0 Å². The van der Waals surface area contributed by atoms with Crippen LogP contribution in [0.1, 0.15) is 31.4 Å². The van der Waals surface area contributed by atoms with E-state index in [1.807, 2.05) is 64.2 Å². The van der Waals surface area contributed by atoms with E-state index in [2.05, 4.69) is 66.9 Å². The number of hydrogen-bond acceptors (Lipinski definition) is 1. The molecule has 0 bridgehead atoms. The average Bonchev–Trinajstić information content (AvgIpc) is 3.38. The van der Waals surface area contributed by atoms with E-state index in [0.717, 1.165) is 6.54 Å². The largest absolute Gasteiger partial charge is 0.0312 e. The van der Waals surface area contributed by atoms with E-state index >= 15 is 0 Å². The number of unbranched alkanes of at least 4 members (excludes halogenated alkanes) is 1. The number of rotatable bonds is 6. The SMILES string of the molecule is C[C@@H](NCCC[CH]=[Ti+2])c1ccccc1.[CH]1[CH][CH][CH][CH]1.[CH]1[CH][CH][CH][CH]1. The summed E-state index contributed by atoms with van der Waals surface area (Å²) in [6.07, 6.45) is 22.4. The third-order valence-corrected chi connectivity index (χ3v) is 3.84. The summed E-state index contributed by atoms with van der Waals surface area (Å²) >= 11 is 2.11. The summed E-state index contributed by atoms with van der Waals surface area (Å²) in [5.41, 5.74) is 1.37. The van der Waals surface area contributed by atoms with Crippen molar-refractivity contribution in [2.75, 3.05) is 6.54 Å². The van der Waals surface area contributed by atoms with Gasteiger partial charge in [-0.1, -0.05) is 0 Å². The van der Waals surface area contributed by atoms with Crippen molar-refractivity contribution in [3.05, 3.63) is 100 Å². The van der Waals surface area contributed by atoms with Crippen molar-refractivity contribution >= 4 is 4.31 Å². The first-order valence-corrected chi connectivity index (χ1v) is 9.35. The normalized spacial score (nSPS) is 17.3. The van der Waals surface area contributed by atoms with Crippen LogP contribution in [0, 0.1) is 64.2 Å². The van der Waals surface area contributed by atoms with E-state index in [-0.39, 0.29) is 0 Å². The van der Waals surface area contributed by atoms with Gasteiger partial charge in [-0.15, -0.1) is 0 Å². The van der Waals surface area contributed by atoms with Crippen LogP contribution in [0.2, 0.25) is 0 Å². The van der Waals surface area contributed by atoms with Crippen LogP contribution in [0.3, 0.4) is 0 Å². The molecule has 0 aromatic heterocycles. The Morgan fingerprint density at radius 1 is 0.833 bits per heavy atom. The molecule has 1 aromatic rings. The van der Waals surface area contributed by atoms with E-state index in [0.29, 0.717) is 6.04 Å². The molecule has 0 aliphatic heterocycles. The van der Waals surface area contributed by atoms with Crippen molar-refractivity contribution in [1.82, 2.24) is 5.32 Å². The molecule has 10 radical (unpaired) electrons. The quantitative estimate of drug-likeness (QED) is 0.586. The van der Waals surface area contributed by atoms with Gasteiger partial charge in [-0.05, 0) is 64.2 Å². The molecule has 1 aromatic carbocycles. The first-order valence-electron chi connectivity index (χ1n) is 8.45. The van der Waals surface area contributed by atoms with Gasteiger partial charge in [0, 0.05) is 0 Å². The molecule has 1 atom stereocenters. The van der Waals surface area contributed by atoms with Gasteiger partial charge >= 0.3 is 97.9 Å². The molecule has 2 saturated carbocycles. The third-order valence-electron chi connectivity index (χ3n) is 3.39. The first-order chi connectivity index (χ1) is 11.8. The molecule has 1 nitrogen and oxygen atoms in total. The van der Waals surface area contributed by atoms with Crippen LogP contribution in [0.25, 0.3) is 0 Å². The van der Waals surface area contributed by atoms with Crippen LogP contribution < -0.4 is 5.32 Å². The van der Waals surface area contributed by atoms with Crippen molar-refractivity contribution in [3.8, 4) is 0 Å². The van der Waals surface area contributed by atoms with Crippen molar-refractivity contribution in [2.24, 2.45) is 0 Å². The van der Waals surface area contributed by atoms with Crippen LogP contribution in [-0.4, -0.2) is 10.9 Å². The standard InChI is InChI=1S/C12H17N.2C5H5.Ti/c1-3-4-10-13-11(2)12-8-6-5-7-9-12;2*1-2-4-5-3-1;/h1,5-9,11,13H,3-4,10H2,2H3;2*1-5H;/q;;;+2/t11-;;;/m1.../s1. The Hall–Kier alpha value is -0.236. The maximum atomic E-state index is 3.51. The predicted octanol–water partition coefficient (Wildman–Crippen LogP) is 4.51. The second-order valence-electron chi connectivity index (χ2n) is 5.36. The molecular formula is C22H27NTi+2. The molecule has 2 aliphatic rings. The van der Waals surface area contributed by atoms with E-state index in [9.17, 15) is 0 Å². The van der Waals surface area contributed by atoms with Gasteiger partial charge in [0.2, 0.25) is 0 Å². The Kier molecular flexibility index (Phi) is 14.8. The van der Waals surface area contributed by atoms with E-state index in [1.165, 1.54) is 18.4 Å². The number of hydrogen-bond donors (Lipinski definition) is 1. The van der Waals surface area contributed by atoms with E-state index < -0.39 is 0 Å². The third kappa shape index (κ3) is 12.2. The zero-order valence-corrected chi connectivity index (χ0v) is 16.0. The number of benzene rings is 1. The van der Waals surface area contributed by atoms with Gasteiger partial charge in [0.05, 0.1) is 0 Å². The van der Waals surface area contributed by atoms with Crippen molar-refractivity contribution in [3.63, 3.8) is 0 Å². The average molecular weight is 353 g/mol. The zero-order valence-electron chi connectivity index (χ0n) is 14.4. The predicted molar refractivity (Wildman–Crippen MR) is 101 cm³/mol. The number of nitrogens with one attached hydrogen (secondary N) is 1. The molecule has 2 heteroatoms. The zero-order chi connectivity index (χ0) is 17.3. The van der Waals surface area contributed by atoms with Gasteiger partial charge in [0.15, 0.2) is 0 Å². The van der Waals surface area contributed by atoms with E-state index in [1.54, 1.807) is 0 Å². The van der Waals surface area contributed by atoms with Gasteiger partial charge in [0.25, 0.3) is 0 Å². The molecule has 24 heavy (non-hydrogen) atoms. The minimum atomic E-state index is 0.466. The molecule has 2 aliphatic carbocycles. The van der Waals surface area contributed by atoms with Crippen molar-refractivity contribution in [2.45, 2.75) is 25.8 Å². The minimum Gasteiger partial charge on any atom is -0.0312 e. The molecule has 0 amide bonds. The molecule has 122 valence electrons.